The minimum atomic E-state index is -0.352. The number of aromatic nitrogens is 2. The van der Waals surface area contributed by atoms with Crippen LogP contribution in [0.1, 0.15) is 12.5 Å². The van der Waals surface area contributed by atoms with Crippen molar-refractivity contribution in [3.8, 4) is 17.0 Å². The highest BCUT2D eigenvalue weighted by Gasteiger charge is 2.14. The number of rotatable bonds is 4. The van der Waals surface area contributed by atoms with Crippen LogP contribution in [-0.4, -0.2) is 24.1 Å². The van der Waals surface area contributed by atoms with E-state index in [9.17, 15) is 4.39 Å². The third-order valence-corrected chi connectivity index (χ3v) is 2.97. The van der Waals surface area contributed by atoms with Crippen LogP contribution in [0.2, 0.25) is 0 Å². The van der Waals surface area contributed by atoms with E-state index in [4.69, 9.17) is 4.74 Å². The number of hydrogen-bond acceptors (Lipinski definition) is 4. The van der Waals surface area contributed by atoms with Crippen LogP contribution in [0.4, 0.5) is 10.2 Å². The minimum Gasteiger partial charge on any atom is -0.497 e. The topological polar surface area (TPSA) is 47.0 Å². The number of hydrogen-bond donors (Lipinski definition) is 1. The predicted octanol–water partition coefficient (Wildman–Crippen LogP) is 2.90. The van der Waals surface area contributed by atoms with Gasteiger partial charge >= 0.3 is 0 Å². The van der Waals surface area contributed by atoms with E-state index >= 15 is 0 Å². The van der Waals surface area contributed by atoms with Crippen molar-refractivity contribution in [3.05, 3.63) is 35.9 Å². The van der Waals surface area contributed by atoms with Gasteiger partial charge in [-0.1, -0.05) is 6.92 Å². The lowest BCUT2D eigenvalue weighted by atomic mass is 10.0. The van der Waals surface area contributed by atoms with Crippen LogP contribution < -0.4 is 10.1 Å². The Morgan fingerprint density at radius 2 is 2.11 bits per heavy atom. The largest absolute Gasteiger partial charge is 0.497 e. The highest BCUT2D eigenvalue weighted by molar-refractivity contribution is 5.69. The molecule has 2 rings (SSSR count). The van der Waals surface area contributed by atoms with Crippen LogP contribution in [0.5, 0.6) is 5.75 Å². The Morgan fingerprint density at radius 3 is 2.68 bits per heavy atom. The molecule has 0 amide bonds. The van der Waals surface area contributed by atoms with E-state index < -0.39 is 0 Å². The maximum absolute atomic E-state index is 14.1. The Morgan fingerprint density at radius 1 is 1.32 bits per heavy atom. The molecule has 1 heterocycles. The fourth-order valence-electron chi connectivity index (χ4n) is 2.01. The number of benzene rings is 1. The second-order valence-electron chi connectivity index (χ2n) is 4.00. The Labute approximate surface area is 111 Å². The summed E-state index contributed by atoms with van der Waals surface area (Å²) in [5, 5.41) is 3.00. The lowest BCUT2D eigenvalue weighted by Crippen LogP contribution is -2.03. The maximum atomic E-state index is 14.1. The molecule has 100 valence electrons. The molecular formula is C14H16FN3O. The zero-order valence-electron chi connectivity index (χ0n) is 11.2. The zero-order valence-corrected chi connectivity index (χ0v) is 11.2. The van der Waals surface area contributed by atoms with Crippen molar-refractivity contribution in [2.45, 2.75) is 13.3 Å². The summed E-state index contributed by atoms with van der Waals surface area (Å²) in [6.45, 7) is 1.99. The summed E-state index contributed by atoms with van der Waals surface area (Å²) in [5.74, 6) is 0.861. The van der Waals surface area contributed by atoms with Crippen molar-refractivity contribution in [1.29, 1.82) is 0 Å². The van der Waals surface area contributed by atoms with Gasteiger partial charge in [0.25, 0.3) is 0 Å². The number of nitrogens with one attached hydrogen (secondary N) is 1. The van der Waals surface area contributed by atoms with E-state index in [1.54, 1.807) is 19.2 Å². The first-order valence-electron chi connectivity index (χ1n) is 6.06. The molecule has 0 unspecified atom stereocenters. The van der Waals surface area contributed by atoms with Gasteiger partial charge < -0.3 is 10.1 Å². The molecule has 0 aliphatic heterocycles. The van der Waals surface area contributed by atoms with Crippen LogP contribution in [0.3, 0.4) is 0 Å². The summed E-state index contributed by atoms with van der Waals surface area (Å²) in [6, 6.07) is 4.75. The van der Waals surface area contributed by atoms with E-state index in [0.717, 1.165) is 17.8 Å². The summed E-state index contributed by atoms with van der Waals surface area (Å²) < 4.78 is 19.1. The molecule has 0 saturated heterocycles. The fourth-order valence-corrected chi connectivity index (χ4v) is 2.01. The molecule has 19 heavy (non-hydrogen) atoms. The van der Waals surface area contributed by atoms with E-state index in [0.29, 0.717) is 17.0 Å². The Balaban J connectivity index is 2.58. The van der Waals surface area contributed by atoms with Crippen molar-refractivity contribution >= 4 is 5.82 Å². The molecule has 0 aliphatic carbocycles. The summed E-state index contributed by atoms with van der Waals surface area (Å²) in [7, 11) is 3.30. The molecule has 2 aromatic rings. The second-order valence-corrected chi connectivity index (χ2v) is 4.00. The van der Waals surface area contributed by atoms with E-state index in [2.05, 4.69) is 15.3 Å². The fraction of sp³-hybridized carbons (Fsp3) is 0.286. The molecule has 0 spiro atoms. The van der Waals surface area contributed by atoms with Crippen molar-refractivity contribution in [1.82, 2.24) is 9.97 Å². The molecule has 0 fully saturated rings. The van der Waals surface area contributed by atoms with Gasteiger partial charge in [-0.2, -0.15) is 0 Å². The van der Waals surface area contributed by atoms with Crippen LogP contribution >= 0.6 is 0 Å². The third kappa shape index (κ3) is 2.50. The first-order valence-corrected chi connectivity index (χ1v) is 6.06. The molecule has 0 saturated carbocycles. The molecule has 1 N–H and O–H groups in total. The van der Waals surface area contributed by atoms with Crippen molar-refractivity contribution in [2.24, 2.45) is 0 Å². The standard InChI is InChI=1S/C14H16FN3O/c1-4-10-13(17-8-18-14(10)16-2)11-6-5-9(19-3)7-12(11)15/h5-8H,4H2,1-3H3,(H,16,17,18). The van der Waals surface area contributed by atoms with Gasteiger partial charge in [0.1, 0.15) is 23.7 Å². The monoisotopic (exact) mass is 261 g/mol. The molecule has 4 nitrogen and oxygen atoms in total. The number of halogens is 1. The van der Waals surface area contributed by atoms with Gasteiger partial charge in [0, 0.05) is 24.2 Å². The molecule has 5 heteroatoms. The van der Waals surface area contributed by atoms with Gasteiger partial charge in [0.15, 0.2) is 0 Å². The zero-order chi connectivity index (χ0) is 13.8. The lowest BCUT2D eigenvalue weighted by molar-refractivity contribution is 0.411. The van der Waals surface area contributed by atoms with Crippen molar-refractivity contribution in [3.63, 3.8) is 0 Å². The highest BCUT2D eigenvalue weighted by atomic mass is 19.1. The highest BCUT2D eigenvalue weighted by Crippen LogP contribution is 2.29. The molecule has 0 bridgehead atoms. The minimum absolute atomic E-state index is 0.352. The molecule has 0 radical (unpaired) electrons. The summed E-state index contributed by atoms with van der Waals surface area (Å²) >= 11 is 0. The van der Waals surface area contributed by atoms with Gasteiger partial charge in [-0.3, -0.25) is 0 Å². The molecule has 0 atom stereocenters. The first kappa shape index (κ1) is 13.3. The SMILES string of the molecule is CCc1c(NC)ncnc1-c1ccc(OC)cc1F. The molecule has 0 aliphatic rings. The van der Waals surface area contributed by atoms with Crippen LogP contribution in [-0.2, 0) is 6.42 Å². The van der Waals surface area contributed by atoms with E-state index in [1.165, 1.54) is 19.5 Å². The second kappa shape index (κ2) is 5.65. The smallest absolute Gasteiger partial charge is 0.136 e. The summed E-state index contributed by atoms with van der Waals surface area (Å²) in [5.41, 5.74) is 1.97. The van der Waals surface area contributed by atoms with E-state index in [-0.39, 0.29) is 5.82 Å². The van der Waals surface area contributed by atoms with E-state index in [1.807, 2.05) is 6.92 Å². The van der Waals surface area contributed by atoms with Gasteiger partial charge in [-0.15, -0.1) is 0 Å². The average molecular weight is 261 g/mol. The van der Waals surface area contributed by atoms with Gasteiger partial charge in [-0.05, 0) is 18.6 Å². The number of anilines is 1. The van der Waals surface area contributed by atoms with Gasteiger partial charge in [0.05, 0.1) is 12.8 Å². The molecule has 1 aromatic heterocycles. The lowest BCUT2D eigenvalue weighted by Gasteiger charge is -2.12. The van der Waals surface area contributed by atoms with Gasteiger partial charge in [0.2, 0.25) is 0 Å². The van der Waals surface area contributed by atoms with Crippen molar-refractivity contribution in [2.75, 3.05) is 19.5 Å². The van der Waals surface area contributed by atoms with Gasteiger partial charge in [-0.25, -0.2) is 14.4 Å². The normalized spacial score (nSPS) is 10.3. The predicted molar refractivity (Wildman–Crippen MR) is 72.9 cm³/mol. The third-order valence-electron chi connectivity index (χ3n) is 2.97. The Hall–Kier alpha value is -2.17. The molecular weight excluding hydrogens is 245 g/mol. The number of nitrogens with zero attached hydrogens (tertiary/aromatic N) is 2. The maximum Gasteiger partial charge on any atom is 0.136 e. The summed E-state index contributed by atoms with van der Waals surface area (Å²) in [4.78, 5) is 8.36. The quantitative estimate of drug-likeness (QED) is 0.919. The number of ether oxygens (including phenoxy) is 1. The Kier molecular flexibility index (Phi) is 3.94. The van der Waals surface area contributed by atoms with Crippen LogP contribution in [0.25, 0.3) is 11.3 Å². The number of methoxy groups -OCH3 is 1. The van der Waals surface area contributed by atoms with Crippen LogP contribution in [0.15, 0.2) is 24.5 Å². The summed E-state index contributed by atoms with van der Waals surface area (Å²) in [6.07, 6.45) is 2.15. The Bertz CT molecular complexity index is 587. The van der Waals surface area contributed by atoms with Crippen molar-refractivity contribution < 1.29 is 9.13 Å². The van der Waals surface area contributed by atoms with Crippen LogP contribution in [0, 0.1) is 5.82 Å². The first-order chi connectivity index (χ1) is 9.21. The molecule has 1 aromatic carbocycles. The average Bonchev–Trinajstić information content (AvgIpc) is 2.46.